The summed E-state index contributed by atoms with van der Waals surface area (Å²) in [6, 6.07) is 4.23. The van der Waals surface area contributed by atoms with E-state index in [4.69, 9.17) is 0 Å². The van der Waals surface area contributed by atoms with E-state index in [1.54, 1.807) is 12.1 Å². The molecule has 1 aliphatic rings. The van der Waals surface area contributed by atoms with Crippen molar-refractivity contribution in [1.29, 1.82) is 0 Å². The quantitative estimate of drug-likeness (QED) is 0.537. The number of phenolic OH excluding ortho intramolecular Hbond substituents is 1. The van der Waals surface area contributed by atoms with Gasteiger partial charge in [0.2, 0.25) is 0 Å². The maximum atomic E-state index is 11.2. The summed E-state index contributed by atoms with van der Waals surface area (Å²) in [7, 11) is 0. The number of hydrogen-bond acceptors (Lipinski definition) is 3. The van der Waals surface area contributed by atoms with Gasteiger partial charge in [-0.2, -0.15) is 0 Å². The first kappa shape index (κ1) is 10.7. The molecule has 5 nitrogen and oxygen atoms in total. The van der Waals surface area contributed by atoms with E-state index in [1.807, 2.05) is 0 Å². The monoisotopic (exact) mass is 282 g/mol. The highest BCUT2D eigenvalue weighted by atomic mass is 79.9. The van der Waals surface area contributed by atoms with E-state index in [-0.39, 0.29) is 11.4 Å². The van der Waals surface area contributed by atoms with Crippen LogP contribution in [0.1, 0.15) is 5.56 Å². The van der Waals surface area contributed by atoms with Crippen molar-refractivity contribution in [2.45, 2.75) is 0 Å². The van der Waals surface area contributed by atoms with Crippen LogP contribution in [0.3, 0.4) is 0 Å². The van der Waals surface area contributed by atoms with Crippen LogP contribution in [0.15, 0.2) is 28.4 Å². The fourth-order valence-electron chi connectivity index (χ4n) is 1.26. The molecule has 0 spiro atoms. The van der Waals surface area contributed by atoms with Crippen LogP contribution >= 0.6 is 15.9 Å². The number of carbonyl (C=O) groups excluding carboxylic acids is 2. The number of carbonyl (C=O) groups is 2. The fraction of sp³-hybridized carbons (Fsp3) is 0. The van der Waals surface area contributed by atoms with Gasteiger partial charge in [-0.25, -0.2) is 4.79 Å². The topological polar surface area (TPSA) is 78.4 Å². The van der Waals surface area contributed by atoms with Crippen LogP contribution in [0.2, 0.25) is 0 Å². The Bertz CT molecular complexity index is 511. The fourth-order valence-corrected chi connectivity index (χ4v) is 1.66. The second-order valence-electron chi connectivity index (χ2n) is 3.18. The summed E-state index contributed by atoms with van der Waals surface area (Å²) >= 11 is 3.16. The van der Waals surface area contributed by atoms with Crippen LogP contribution in [0.4, 0.5) is 4.79 Å². The van der Waals surface area contributed by atoms with Crippen molar-refractivity contribution in [3.05, 3.63) is 33.9 Å². The summed E-state index contributed by atoms with van der Waals surface area (Å²) in [4.78, 5) is 22.1. The average molecular weight is 283 g/mol. The molecule has 0 aromatic heterocycles. The Morgan fingerprint density at radius 1 is 1.25 bits per heavy atom. The molecule has 1 aromatic rings. The Balaban J connectivity index is 2.32. The van der Waals surface area contributed by atoms with Crippen molar-refractivity contribution < 1.29 is 14.7 Å². The van der Waals surface area contributed by atoms with E-state index in [2.05, 4.69) is 26.6 Å². The summed E-state index contributed by atoms with van der Waals surface area (Å²) in [5, 5.41) is 13.7. The van der Waals surface area contributed by atoms with E-state index in [9.17, 15) is 14.7 Å². The van der Waals surface area contributed by atoms with Crippen LogP contribution in [-0.4, -0.2) is 17.0 Å². The molecule has 16 heavy (non-hydrogen) atoms. The summed E-state index contributed by atoms with van der Waals surface area (Å²) < 4.78 is 0.520. The van der Waals surface area contributed by atoms with Crippen molar-refractivity contribution in [1.82, 2.24) is 10.6 Å². The Kier molecular flexibility index (Phi) is 2.66. The SMILES string of the molecule is O=C1NC(=O)C(=Cc2ccc(O)c(Br)c2)N1. The lowest BCUT2D eigenvalue weighted by atomic mass is 10.2. The van der Waals surface area contributed by atoms with E-state index in [1.165, 1.54) is 12.1 Å². The van der Waals surface area contributed by atoms with Gasteiger partial charge in [0.25, 0.3) is 5.91 Å². The van der Waals surface area contributed by atoms with E-state index < -0.39 is 11.9 Å². The second kappa shape index (κ2) is 3.97. The first-order valence-electron chi connectivity index (χ1n) is 4.39. The molecule has 1 aliphatic heterocycles. The van der Waals surface area contributed by atoms with Gasteiger partial charge in [-0.05, 0) is 39.7 Å². The molecule has 0 radical (unpaired) electrons. The van der Waals surface area contributed by atoms with Crippen molar-refractivity contribution in [2.75, 3.05) is 0 Å². The number of rotatable bonds is 1. The summed E-state index contributed by atoms with van der Waals surface area (Å²) in [6.45, 7) is 0. The molecule has 1 fully saturated rings. The molecule has 0 saturated carbocycles. The van der Waals surface area contributed by atoms with Crippen LogP contribution in [0.25, 0.3) is 6.08 Å². The molecule has 1 saturated heterocycles. The van der Waals surface area contributed by atoms with Gasteiger partial charge in [0.15, 0.2) is 0 Å². The minimum Gasteiger partial charge on any atom is -0.507 e. The highest BCUT2D eigenvalue weighted by Gasteiger charge is 2.22. The lowest BCUT2D eigenvalue weighted by Gasteiger charge is -1.99. The maximum absolute atomic E-state index is 11.2. The van der Waals surface area contributed by atoms with Crippen molar-refractivity contribution in [3.63, 3.8) is 0 Å². The average Bonchev–Trinajstić information content (AvgIpc) is 2.51. The molecule has 6 heteroatoms. The number of nitrogens with one attached hydrogen (secondary N) is 2. The standard InChI is InChI=1S/C10H7BrN2O3/c11-6-3-5(1-2-8(6)14)4-7-9(15)13-10(16)12-7/h1-4,14H,(H2,12,13,15,16). The molecule has 0 aliphatic carbocycles. The molecule has 3 N–H and O–H groups in total. The molecule has 3 amide bonds. The van der Waals surface area contributed by atoms with E-state index >= 15 is 0 Å². The summed E-state index contributed by atoms with van der Waals surface area (Å²) in [5.74, 6) is -0.351. The Hall–Kier alpha value is -1.82. The number of benzene rings is 1. The normalized spacial score (nSPS) is 17.4. The minimum absolute atomic E-state index is 0.113. The highest BCUT2D eigenvalue weighted by molar-refractivity contribution is 9.10. The molecule has 0 unspecified atom stereocenters. The lowest BCUT2D eigenvalue weighted by molar-refractivity contribution is -0.115. The van der Waals surface area contributed by atoms with Crippen LogP contribution < -0.4 is 10.6 Å². The number of halogens is 1. The lowest BCUT2D eigenvalue weighted by Crippen LogP contribution is -2.22. The third-order valence-corrected chi connectivity index (χ3v) is 2.64. The number of phenols is 1. The highest BCUT2D eigenvalue weighted by Crippen LogP contribution is 2.25. The number of urea groups is 1. The molecule has 2 rings (SSSR count). The van der Waals surface area contributed by atoms with Crippen LogP contribution in [0, 0.1) is 0 Å². The van der Waals surface area contributed by atoms with Crippen molar-refractivity contribution in [3.8, 4) is 5.75 Å². The predicted octanol–water partition coefficient (Wildman–Crippen LogP) is 1.33. The first-order chi connectivity index (χ1) is 7.56. The van der Waals surface area contributed by atoms with Gasteiger partial charge in [-0.3, -0.25) is 10.1 Å². The first-order valence-corrected chi connectivity index (χ1v) is 5.18. The minimum atomic E-state index is -0.533. The maximum Gasteiger partial charge on any atom is 0.326 e. The van der Waals surface area contributed by atoms with Crippen LogP contribution in [0.5, 0.6) is 5.75 Å². The molecular weight excluding hydrogens is 276 g/mol. The van der Waals surface area contributed by atoms with Crippen LogP contribution in [-0.2, 0) is 4.79 Å². The van der Waals surface area contributed by atoms with Gasteiger partial charge < -0.3 is 10.4 Å². The molecular formula is C10H7BrN2O3. The number of amides is 3. The zero-order chi connectivity index (χ0) is 11.7. The molecule has 82 valence electrons. The van der Waals surface area contributed by atoms with Gasteiger partial charge in [0.05, 0.1) is 4.47 Å². The Labute approximate surface area is 99.3 Å². The van der Waals surface area contributed by atoms with Gasteiger partial charge in [0.1, 0.15) is 11.4 Å². The third kappa shape index (κ3) is 2.06. The van der Waals surface area contributed by atoms with Gasteiger partial charge in [-0.1, -0.05) is 6.07 Å². The molecule has 1 heterocycles. The van der Waals surface area contributed by atoms with Gasteiger partial charge >= 0.3 is 6.03 Å². The van der Waals surface area contributed by atoms with Gasteiger partial charge in [0, 0.05) is 0 Å². The molecule has 1 aromatic carbocycles. The molecule has 0 bridgehead atoms. The molecule has 0 atom stereocenters. The predicted molar refractivity (Wildman–Crippen MR) is 60.5 cm³/mol. The largest absolute Gasteiger partial charge is 0.507 e. The Morgan fingerprint density at radius 3 is 2.56 bits per heavy atom. The second-order valence-corrected chi connectivity index (χ2v) is 4.03. The number of hydrogen-bond donors (Lipinski definition) is 3. The Morgan fingerprint density at radius 2 is 2.00 bits per heavy atom. The van der Waals surface area contributed by atoms with Gasteiger partial charge in [-0.15, -0.1) is 0 Å². The van der Waals surface area contributed by atoms with E-state index in [0.717, 1.165) is 0 Å². The number of aromatic hydroxyl groups is 1. The zero-order valence-corrected chi connectivity index (χ0v) is 9.54. The third-order valence-electron chi connectivity index (χ3n) is 2.00. The van der Waals surface area contributed by atoms with Crippen molar-refractivity contribution in [2.24, 2.45) is 0 Å². The summed E-state index contributed by atoms with van der Waals surface area (Å²) in [5.41, 5.74) is 0.875. The smallest absolute Gasteiger partial charge is 0.326 e. The van der Waals surface area contributed by atoms with E-state index in [0.29, 0.717) is 10.0 Å². The number of imide groups is 1. The summed E-state index contributed by atoms with van der Waals surface area (Å²) in [6.07, 6.45) is 1.52. The van der Waals surface area contributed by atoms with Crippen molar-refractivity contribution >= 4 is 33.9 Å². The zero-order valence-electron chi connectivity index (χ0n) is 7.95.